The quantitative estimate of drug-likeness (QED) is 0.841. The summed E-state index contributed by atoms with van der Waals surface area (Å²) < 4.78 is 5.71. The van der Waals surface area contributed by atoms with E-state index in [-0.39, 0.29) is 12.3 Å². The molecule has 0 aliphatic carbocycles. The van der Waals surface area contributed by atoms with Gasteiger partial charge < -0.3 is 14.7 Å². The van der Waals surface area contributed by atoms with Crippen molar-refractivity contribution in [3.63, 3.8) is 0 Å². The van der Waals surface area contributed by atoms with E-state index in [0.717, 1.165) is 23.6 Å². The van der Waals surface area contributed by atoms with Crippen LogP contribution in [0.3, 0.4) is 0 Å². The van der Waals surface area contributed by atoms with E-state index in [1.807, 2.05) is 36.6 Å². The zero-order chi connectivity index (χ0) is 18.5. The minimum absolute atomic E-state index is 0.130. The number of benzene rings is 1. The molecule has 1 aromatic carbocycles. The number of ether oxygens (including phenoxy) is 1. The van der Waals surface area contributed by atoms with Gasteiger partial charge in [-0.25, -0.2) is 9.78 Å². The molecular formula is C19H22N2O4S. The Balaban J connectivity index is 1.56. The molecule has 138 valence electrons. The standard InChI is InChI=1S/C19H22N2O4S/c1-13-5-7-15(8-6-13)25-11-17-20-14(12-26-17)10-18(22)21-9-3-2-4-16(21)19(23)24/h5-8,12,16H,2-4,9-11H2,1H3,(H,23,24)/t16-/m1/s1. The maximum absolute atomic E-state index is 12.5. The molecule has 3 rings (SSSR count). The summed E-state index contributed by atoms with van der Waals surface area (Å²) in [5.41, 5.74) is 1.84. The third-order valence-corrected chi connectivity index (χ3v) is 5.29. The van der Waals surface area contributed by atoms with Gasteiger partial charge in [-0.2, -0.15) is 0 Å². The molecule has 6 nitrogen and oxygen atoms in total. The van der Waals surface area contributed by atoms with E-state index in [9.17, 15) is 14.7 Å². The van der Waals surface area contributed by atoms with Gasteiger partial charge in [-0.15, -0.1) is 11.3 Å². The Morgan fingerprint density at radius 2 is 2.08 bits per heavy atom. The first-order chi connectivity index (χ1) is 12.5. The molecular weight excluding hydrogens is 352 g/mol. The summed E-state index contributed by atoms with van der Waals surface area (Å²) in [6.45, 7) is 2.87. The van der Waals surface area contributed by atoms with Gasteiger partial charge in [0.25, 0.3) is 0 Å². The first kappa shape index (κ1) is 18.4. The van der Waals surface area contributed by atoms with Crippen LogP contribution < -0.4 is 4.74 Å². The molecule has 1 fully saturated rings. The molecule has 1 aliphatic heterocycles. The van der Waals surface area contributed by atoms with Crippen LogP contribution in [0.4, 0.5) is 0 Å². The van der Waals surface area contributed by atoms with E-state index >= 15 is 0 Å². The summed E-state index contributed by atoms with van der Waals surface area (Å²) in [5, 5.41) is 11.9. The summed E-state index contributed by atoms with van der Waals surface area (Å²) in [7, 11) is 0. The molecule has 2 aromatic rings. The molecule has 1 saturated heterocycles. The Bertz CT molecular complexity index is 772. The summed E-state index contributed by atoms with van der Waals surface area (Å²) in [6, 6.07) is 7.09. The Labute approximate surface area is 156 Å². The lowest BCUT2D eigenvalue weighted by Crippen LogP contribution is -2.48. The fraction of sp³-hybridized carbons (Fsp3) is 0.421. The van der Waals surface area contributed by atoms with Crippen LogP contribution in [0.15, 0.2) is 29.6 Å². The first-order valence-corrected chi connectivity index (χ1v) is 9.56. The fourth-order valence-electron chi connectivity index (χ4n) is 3.02. The molecule has 0 unspecified atom stereocenters. The smallest absolute Gasteiger partial charge is 0.326 e. The molecule has 0 bridgehead atoms. The van der Waals surface area contributed by atoms with Crippen molar-refractivity contribution in [2.45, 2.75) is 45.3 Å². The number of hydrogen-bond acceptors (Lipinski definition) is 5. The molecule has 7 heteroatoms. The number of carboxylic acid groups (broad SMARTS) is 1. The lowest BCUT2D eigenvalue weighted by atomic mass is 10.0. The maximum atomic E-state index is 12.5. The predicted molar refractivity (Wildman–Crippen MR) is 98.3 cm³/mol. The number of aromatic nitrogens is 1. The number of rotatable bonds is 6. The summed E-state index contributed by atoms with van der Waals surface area (Å²) in [6.07, 6.45) is 2.35. The molecule has 1 amide bonds. The number of aryl methyl sites for hydroxylation is 1. The highest BCUT2D eigenvalue weighted by Crippen LogP contribution is 2.20. The van der Waals surface area contributed by atoms with Gasteiger partial charge in [0.05, 0.1) is 12.1 Å². The average Bonchev–Trinajstić information content (AvgIpc) is 3.08. The molecule has 1 aromatic heterocycles. The van der Waals surface area contributed by atoms with Crippen LogP contribution in [0.5, 0.6) is 5.75 Å². The summed E-state index contributed by atoms with van der Waals surface area (Å²) >= 11 is 1.44. The van der Waals surface area contributed by atoms with E-state index in [2.05, 4.69) is 4.98 Å². The number of thiazole rings is 1. The van der Waals surface area contributed by atoms with Gasteiger partial charge in [-0.1, -0.05) is 17.7 Å². The van der Waals surface area contributed by atoms with Gasteiger partial charge >= 0.3 is 5.97 Å². The van der Waals surface area contributed by atoms with Crippen LogP contribution in [0, 0.1) is 6.92 Å². The van der Waals surface area contributed by atoms with Crippen molar-refractivity contribution in [1.82, 2.24) is 9.88 Å². The fourth-order valence-corrected chi connectivity index (χ4v) is 3.72. The molecule has 0 saturated carbocycles. The maximum Gasteiger partial charge on any atom is 0.326 e. The van der Waals surface area contributed by atoms with Crippen LogP contribution in [-0.2, 0) is 22.6 Å². The van der Waals surface area contributed by atoms with Crippen molar-refractivity contribution in [3.8, 4) is 5.75 Å². The zero-order valence-corrected chi connectivity index (χ0v) is 15.5. The number of carboxylic acids is 1. The third kappa shape index (κ3) is 4.60. The van der Waals surface area contributed by atoms with Crippen LogP contribution in [0.1, 0.15) is 35.5 Å². The van der Waals surface area contributed by atoms with Crippen molar-refractivity contribution in [2.24, 2.45) is 0 Å². The molecule has 2 heterocycles. The van der Waals surface area contributed by atoms with Crippen molar-refractivity contribution < 1.29 is 19.4 Å². The first-order valence-electron chi connectivity index (χ1n) is 8.68. The minimum atomic E-state index is -0.927. The largest absolute Gasteiger partial charge is 0.486 e. The second-order valence-electron chi connectivity index (χ2n) is 6.45. The monoisotopic (exact) mass is 374 g/mol. The number of amides is 1. The number of carbonyl (C=O) groups excluding carboxylic acids is 1. The number of piperidine rings is 1. The number of carbonyl (C=O) groups is 2. The zero-order valence-electron chi connectivity index (χ0n) is 14.7. The molecule has 1 N–H and O–H groups in total. The van der Waals surface area contributed by atoms with E-state index < -0.39 is 12.0 Å². The minimum Gasteiger partial charge on any atom is -0.486 e. The van der Waals surface area contributed by atoms with Gasteiger partial charge in [-0.3, -0.25) is 4.79 Å². The van der Waals surface area contributed by atoms with Gasteiger partial charge in [0.2, 0.25) is 5.91 Å². The van der Waals surface area contributed by atoms with E-state index in [1.54, 1.807) is 0 Å². The van der Waals surface area contributed by atoms with Crippen molar-refractivity contribution in [2.75, 3.05) is 6.54 Å². The predicted octanol–water partition coefficient (Wildman–Crippen LogP) is 3.04. The van der Waals surface area contributed by atoms with Crippen LogP contribution in [0.2, 0.25) is 0 Å². The van der Waals surface area contributed by atoms with Gasteiger partial charge in [0.15, 0.2) is 0 Å². The van der Waals surface area contributed by atoms with Crippen molar-refractivity contribution in [3.05, 3.63) is 45.9 Å². The highest BCUT2D eigenvalue weighted by molar-refractivity contribution is 7.09. The topological polar surface area (TPSA) is 79.7 Å². The number of hydrogen-bond donors (Lipinski definition) is 1. The lowest BCUT2D eigenvalue weighted by molar-refractivity contribution is -0.151. The molecule has 0 spiro atoms. The second-order valence-corrected chi connectivity index (χ2v) is 7.39. The van der Waals surface area contributed by atoms with Crippen LogP contribution in [0.25, 0.3) is 0 Å². The number of likely N-dealkylation sites (tertiary alicyclic amines) is 1. The lowest BCUT2D eigenvalue weighted by Gasteiger charge is -2.32. The van der Waals surface area contributed by atoms with Crippen molar-refractivity contribution in [1.29, 1.82) is 0 Å². The Kier molecular flexibility index (Phi) is 5.88. The molecule has 1 atom stereocenters. The average molecular weight is 374 g/mol. The normalized spacial score (nSPS) is 17.1. The van der Waals surface area contributed by atoms with Gasteiger partial charge in [0.1, 0.15) is 23.4 Å². The Morgan fingerprint density at radius 3 is 2.81 bits per heavy atom. The van der Waals surface area contributed by atoms with Crippen LogP contribution >= 0.6 is 11.3 Å². The van der Waals surface area contributed by atoms with Gasteiger partial charge in [-0.05, 0) is 38.3 Å². The second kappa shape index (κ2) is 8.31. The number of nitrogens with zero attached hydrogens (tertiary/aromatic N) is 2. The molecule has 1 aliphatic rings. The number of aliphatic carboxylic acids is 1. The van der Waals surface area contributed by atoms with E-state index in [0.29, 0.717) is 25.3 Å². The SMILES string of the molecule is Cc1ccc(OCc2nc(CC(=O)N3CCCC[C@@H]3C(=O)O)cs2)cc1. The van der Waals surface area contributed by atoms with E-state index in [4.69, 9.17) is 4.74 Å². The highest BCUT2D eigenvalue weighted by atomic mass is 32.1. The van der Waals surface area contributed by atoms with Crippen LogP contribution in [-0.4, -0.2) is 39.5 Å². The molecule has 0 radical (unpaired) electrons. The van der Waals surface area contributed by atoms with Gasteiger partial charge in [0, 0.05) is 11.9 Å². The third-order valence-electron chi connectivity index (χ3n) is 4.42. The summed E-state index contributed by atoms with van der Waals surface area (Å²) in [5.74, 6) is -0.321. The highest BCUT2D eigenvalue weighted by Gasteiger charge is 2.31. The Morgan fingerprint density at radius 1 is 1.31 bits per heavy atom. The Hall–Kier alpha value is -2.41. The van der Waals surface area contributed by atoms with Crippen molar-refractivity contribution >= 4 is 23.2 Å². The molecule has 26 heavy (non-hydrogen) atoms. The van der Waals surface area contributed by atoms with E-state index in [1.165, 1.54) is 21.8 Å². The summed E-state index contributed by atoms with van der Waals surface area (Å²) in [4.78, 5) is 29.8.